The normalized spacial score (nSPS) is 19.4. The van der Waals surface area contributed by atoms with Crippen molar-refractivity contribution in [1.29, 1.82) is 0 Å². The van der Waals surface area contributed by atoms with Gasteiger partial charge in [-0.1, -0.05) is 6.92 Å². The molecule has 1 aromatic heterocycles. The second-order valence-electron chi connectivity index (χ2n) is 5.47. The van der Waals surface area contributed by atoms with Crippen LogP contribution in [-0.4, -0.2) is 10.5 Å². The molecule has 1 saturated carbocycles. The number of nitrogens with one attached hydrogen (secondary N) is 1. The molecule has 0 atom stereocenters. The molecule has 1 aliphatic rings. The third-order valence-electron chi connectivity index (χ3n) is 2.60. The zero-order valence-electron chi connectivity index (χ0n) is 9.35. The van der Waals surface area contributed by atoms with Gasteiger partial charge in [-0.25, -0.2) is 4.98 Å². The fourth-order valence-electron chi connectivity index (χ4n) is 1.37. The Morgan fingerprint density at radius 1 is 1.43 bits per heavy atom. The van der Waals surface area contributed by atoms with Crippen LogP contribution in [0.4, 0.5) is 5.13 Å². The molecule has 0 radical (unpaired) electrons. The number of anilines is 1. The van der Waals surface area contributed by atoms with E-state index in [0.717, 1.165) is 5.13 Å². The van der Waals surface area contributed by atoms with Crippen molar-refractivity contribution in [3.8, 4) is 0 Å². The standard InChI is InChI=1S/C11H18N2S/c1-10(2,3)13-9-12-8(7-14-9)11(4)5-6-11/h7H,5-6H2,1-4H3,(H,12,13). The van der Waals surface area contributed by atoms with E-state index in [4.69, 9.17) is 0 Å². The fourth-order valence-corrected chi connectivity index (χ4v) is 2.45. The Morgan fingerprint density at radius 2 is 2.07 bits per heavy atom. The minimum absolute atomic E-state index is 0.111. The number of rotatable bonds is 2. The van der Waals surface area contributed by atoms with Crippen LogP contribution in [0.1, 0.15) is 46.2 Å². The Hall–Kier alpha value is -0.570. The molecule has 3 heteroatoms. The van der Waals surface area contributed by atoms with Crippen LogP contribution in [0.2, 0.25) is 0 Å². The van der Waals surface area contributed by atoms with Gasteiger partial charge in [0.1, 0.15) is 0 Å². The molecule has 1 aromatic rings. The van der Waals surface area contributed by atoms with E-state index < -0.39 is 0 Å². The van der Waals surface area contributed by atoms with Crippen molar-refractivity contribution in [2.45, 2.75) is 51.5 Å². The van der Waals surface area contributed by atoms with Crippen molar-refractivity contribution >= 4 is 16.5 Å². The summed E-state index contributed by atoms with van der Waals surface area (Å²) in [6, 6.07) is 0. The first-order valence-electron chi connectivity index (χ1n) is 5.13. The molecule has 78 valence electrons. The van der Waals surface area contributed by atoms with Crippen molar-refractivity contribution in [2.75, 3.05) is 5.32 Å². The Kier molecular flexibility index (Phi) is 2.11. The van der Waals surface area contributed by atoms with E-state index in [9.17, 15) is 0 Å². The lowest BCUT2D eigenvalue weighted by molar-refractivity contribution is 0.631. The molecule has 0 bridgehead atoms. The van der Waals surface area contributed by atoms with E-state index in [-0.39, 0.29) is 5.54 Å². The molecule has 1 fully saturated rings. The van der Waals surface area contributed by atoms with Crippen molar-refractivity contribution < 1.29 is 0 Å². The largest absolute Gasteiger partial charge is 0.357 e. The van der Waals surface area contributed by atoms with Crippen LogP contribution in [-0.2, 0) is 5.41 Å². The summed E-state index contributed by atoms with van der Waals surface area (Å²) in [5.74, 6) is 0. The monoisotopic (exact) mass is 210 g/mol. The van der Waals surface area contributed by atoms with E-state index in [1.807, 2.05) is 0 Å². The summed E-state index contributed by atoms with van der Waals surface area (Å²) in [7, 11) is 0. The highest BCUT2D eigenvalue weighted by molar-refractivity contribution is 7.13. The van der Waals surface area contributed by atoms with Gasteiger partial charge in [0.05, 0.1) is 5.69 Å². The first-order valence-corrected chi connectivity index (χ1v) is 6.01. The summed E-state index contributed by atoms with van der Waals surface area (Å²) in [5, 5.41) is 6.66. The van der Waals surface area contributed by atoms with Gasteiger partial charge < -0.3 is 5.32 Å². The van der Waals surface area contributed by atoms with Gasteiger partial charge in [0.15, 0.2) is 5.13 Å². The van der Waals surface area contributed by atoms with Crippen molar-refractivity contribution in [1.82, 2.24) is 4.98 Å². The topological polar surface area (TPSA) is 24.9 Å². The highest BCUT2D eigenvalue weighted by atomic mass is 32.1. The summed E-state index contributed by atoms with van der Waals surface area (Å²) in [6.45, 7) is 8.77. The van der Waals surface area contributed by atoms with Gasteiger partial charge in [-0.3, -0.25) is 0 Å². The molecule has 1 N–H and O–H groups in total. The summed E-state index contributed by atoms with van der Waals surface area (Å²) in [6.07, 6.45) is 2.59. The number of aromatic nitrogens is 1. The van der Waals surface area contributed by atoms with E-state index in [1.165, 1.54) is 18.5 Å². The lowest BCUT2D eigenvalue weighted by Gasteiger charge is -2.19. The van der Waals surface area contributed by atoms with E-state index in [0.29, 0.717) is 5.41 Å². The van der Waals surface area contributed by atoms with Gasteiger partial charge in [0, 0.05) is 16.3 Å². The van der Waals surface area contributed by atoms with Crippen molar-refractivity contribution in [3.63, 3.8) is 0 Å². The van der Waals surface area contributed by atoms with Crippen LogP contribution in [0.3, 0.4) is 0 Å². The summed E-state index contributed by atoms with van der Waals surface area (Å²) in [4.78, 5) is 4.64. The van der Waals surface area contributed by atoms with Gasteiger partial charge >= 0.3 is 0 Å². The van der Waals surface area contributed by atoms with Crippen LogP contribution >= 0.6 is 11.3 Å². The lowest BCUT2D eigenvalue weighted by Crippen LogP contribution is -2.25. The van der Waals surface area contributed by atoms with Gasteiger partial charge in [-0.2, -0.15) is 0 Å². The second kappa shape index (κ2) is 2.96. The lowest BCUT2D eigenvalue weighted by atomic mass is 10.1. The smallest absolute Gasteiger partial charge is 0.183 e. The Balaban J connectivity index is 2.11. The van der Waals surface area contributed by atoms with E-state index in [1.54, 1.807) is 11.3 Å². The maximum absolute atomic E-state index is 4.64. The molecule has 0 saturated heterocycles. The van der Waals surface area contributed by atoms with Crippen LogP contribution in [0, 0.1) is 0 Å². The maximum Gasteiger partial charge on any atom is 0.183 e. The highest BCUT2D eigenvalue weighted by Crippen LogP contribution is 2.48. The van der Waals surface area contributed by atoms with Gasteiger partial charge in [-0.15, -0.1) is 11.3 Å². The van der Waals surface area contributed by atoms with Crippen LogP contribution in [0.5, 0.6) is 0 Å². The van der Waals surface area contributed by atoms with Gasteiger partial charge in [0.2, 0.25) is 0 Å². The third-order valence-corrected chi connectivity index (χ3v) is 3.36. The first-order chi connectivity index (χ1) is 6.39. The highest BCUT2D eigenvalue weighted by Gasteiger charge is 2.41. The molecule has 0 spiro atoms. The molecule has 2 nitrogen and oxygen atoms in total. The Bertz CT molecular complexity index is 331. The zero-order chi connectivity index (χ0) is 10.4. The van der Waals surface area contributed by atoms with Gasteiger partial charge in [-0.05, 0) is 33.6 Å². The van der Waals surface area contributed by atoms with Crippen LogP contribution in [0.15, 0.2) is 5.38 Å². The molecule has 0 amide bonds. The molecule has 1 aliphatic carbocycles. The summed E-state index contributed by atoms with van der Waals surface area (Å²) >= 11 is 1.72. The summed E-state index contributed by atoms with van der Waals surface area (Å²) in [5.41, 5.74) is 1.78. The second-order valence-corrected chi connectivity index (χ2v) is 6.33. The molecule has 0 unspecified atom stereocenters. The van der Waals surface area contributed by atoms with Gasteiger partial charge in [0.25, 0.3) is 0 Å². The number of nitrogens with zero attached hydrogens (tertiary/aromatic N) is 1. The average Bonchev–Trinajstić information content (AvgIpc) is 2.60. The third kappa shape index (κ3) is 2.08. The summed E-state index contributed by atoms with van der Waals surface area (Å²) < 4.78 is 0. The molecule has 0 aliphatic heterocycles. The maximum atomic E-state index is 4.64. The number of hydrogen-bond acceptors (Lipinski definition) is 3. The molecule has 14 heavy (non-hydrogen) atoms. The van der Waals surface area contributed by atoms with Crippen LogP contribution < -0.4 is 5.32 Å². The zero-order valence-corrected chi connectivity index (χ0v) is 10.2. The minimum atomic E-state index is 0.111. The van der Waals surface area contributed by atoms with E-state index >= 15 is 0 Å². The average molecular weight is 210 g/mol. The minimum Gasteiger partial charge on any atom is -0.357 e. The number of thiazole rings is 1. The fraction of sp³-hybridized carbons (Fsp3) is 0.727. The first kappa shape index (κ1) is 9.97. The van der Waals surface area contributed by atoms with Crippen LogP contribution in [0.25, 0.3) is 0 Å². The molecular formula is C11H18N2S. The number of hydrogen-bond donors (Lipinski definition) is 1. The van der Waals surface area contributed by atoms with Crippen molar-refractivity contribution in [3.05, 3.63) is 11.1 Å². The molecule has 2 rings (SSSR count). The molecule has 0 aromatic carbocycles. The predicted octanol–water partition coefficient (Wildman–Crippen LogP) is 3.41. The molecular weight excluding hydrogens is 192 g/mol. The van der Waals surface area contributed by atoms with E-state index in [2.05, 4.69) is 43.4 Å². The molecule has 1 heterocycles. The Labute approximate surface area is 89.8 Å². The predicted molar refractivity (Wildman–Crippen MR) is 62.1 cm³/mol. The quantitative estimate of drug-likeness (QED) is 0.809. The Morgan fingerprint density at radius 3 is 2.57 bits per heavy atom. The SMILES string of the molecule is CC(C)(C)Nc1nc(C2(C)CC2)cs1. The van der Waals surface area contributed by atoms with Crippen molar-refractivity contribution in [2.24, 2.45) is 0 Å².